The quantitative estimate of drug-likeness (QED) is 0.546. The molecule has 0 unspecified atom stereocenters. The molecule has 1 aliphatic heterocycles. The van der Waals surface area contributed by atoms with Crippen molar-refractivity contribution in [2.45, 2.75) is 38.8 Å². The molecule has 0 bridgehead atoms. The number of hydrogen-bond donors (Lipinski definition) is 2. The zero-order valence-corrected chi connectivity index (χ0v) is 16.3. The van der Waals surface area contributed by atoms with Crippen LogP contribution in [0.4, 0.5) is 13.6 Å². The van der Waals surface area contributed by atoms with Gasteiger partial charge in [-0.15, -0.1) is 0 Å². The number of alkyl halides is 2. The second-order valence-electron chi connectivity index (χ2n) is 6.38. The molecule has 0 aliphatic carbocycles. The van der Waals surface area contributed by atoms with Crippen LogP contribution in [0.5, 0.6) is 5.75 Å². The fourth-order valence-corrected chi connectivity index (χ4v) is 2.90. The van der Waals surface area contributed by atoms with Crippen LogP contribution in [0.1, 0.15) is 25.3 Å². The summed E-state index contributed by atoms with van der Waals surface area (Å²) in [5, 5.41) is 6.56. The van der Waals surface area contributed by atoms with Crippen LogP contribution in [0, 0.1) is 0 Å². The van der Waals surface area contributed by atoms with Gasteiger partial charge in [0.1, 0.15) is 12.4 Å². The minimum absolute atomic E-state index is 0.206. The number of ether oxygens (including phenoxy) is 2. The molecule has 1 amide bonds. The number of halogens is 2. The van der Waals surface area contributed by atoms with Gasteiger partial charge >= 0.3 is 6.09 Å². The Hall–Kier alpha value is -2.58. The van der Waals surface area contributed by atoms with E-state index in [1.54, 1.807) is 37.1 Å². The molecular formula is C19H28F2N4O3. The first kappa shape index (κ1) is 21.7. The highest BCUT2D eigenvalue weighted by molar-refractivity contribution is 5.80. The maximum atomic E-state index is 12.3. The molecule has 1 aromatic carbocycles. The molecule has 0 spiro atoms. The highest BCUT2D eigenvalue weighted by atomic mass is 19.3. The lowest BCUT2D eigenvalue weighted by Gasteiger charge is -2.32. The number of likely N-dealkylation sites (tertiary alicyclic amines) is 1. The fraction of sp³-hybridized carbons (Fsp3) is 0.579. The van der Waals surface area contributed by atoms with Crippen molar-refractivity contribution in [2.24, 2.45) is 4.99 Å². The molecule has 1 fully saturated rings. The Kier molecular flexibility index (Phi) is 8.77. The Morgan fingerprint density at radius 2 is 2.11 bits per heavy atom. The van der Waals surface area contributed by atoms with Crippen molar-refractivity contribution < 1.29 is 23.0 Å². The number of carbonyl (C=O) groups is 1. The average molecular weight is 398 g/mol. The summed E-state index contributed by atoms with van der Waals surface area (Å²) in [6.45, 7) is 3.30. The van der Waals surface area contributed by atoms with Crippen molar-refractivity contribution in [3.05, 3.63) is 29.8 Å². The van der Waals surface area contributed by atoms with Crippen molar-refractivity contribution in [2.75, 3.05) is 33.4 Å². The van der Waals surface area contributed by atoms with Crippen molar-refractivity contribution in [3.8, 4) is 5.75 Å². The molecule has 0 radical (unpaired) electrons. The van der Waals surface area contributed by atoms with E-state index < -0.39 is 13.0 Å². The summed E-state index contributed by atoms with van der Waals surface area (Å²) in [6.07, 6.45) is -1.16. The lowest BCUT2D eigenvalue weighted by Crippen LogP contribution is -2.49. The molecule has 1 aromatic rings. The summed E-state index contributed by atoms with van der Waals surface area (Å²) in [5.74, 6) is 1.06. The van der Waals surface area contributed by atoms with Crippen LogP contribution in [0.15, 0.2) is 29.3 Å². The Morgan fingerprint density at radius 3 is 2.75 bits per heavy atom. The number of aliphatic imine (C=N–C) groups is 1. The van der Waals surface area contributed by atoms with Crippen LogP contribution in [-0.4, -0.2) is 62.8 Å². The zero-order valence-electron chi connectivity index (χ0n) is 16.3. The number of benzene rings is 1. The number of piperidine rings is 1. The van der Waals surface area contributed by atoms with Gasteiger partial charge in [-0.3, -0.25) is 4.99 Å². The predicted octanol–water partition coefficient (Wildman–Crippen LogP) is 2.62. The summed E-state index contributed by atoms with van der Waals surface area (Å²) in [4.78, 5) is 17.7. The molecule has 1 heterocycles. The van der Waals surface area contributed by atoms with Gasteiger partial charge in [-0.05, 0) is 37.5 Å². The van der Waals surface area contributed by atoms with Gasteiger partial charge in [0.05, 0.1) is 6.61 Å². The molecule has 0 atom stereocenters. The third-order valence-electron chi connectivity index (χ3n) is 4.32. The summed E-state index contributed by atoms with van der Waals surface area (Å²) in [6, 6.07) is 7.22. The predicted molar refractivity (Wildman–Crippen MR) is 103 cm³/mol. The van der Waals surface area contributed by atoms with Gasteiger partial charge in [-0.1, -0.05) is 12.1 Å². The largest absolute Gasteiger partial charge is 0.488 e. The molecular weight excluding hydrogens is 370 g/mol. The SMILES string of the molecule is CCOC(=O)N1CCC(NC(=NC)NCc2cccc(OCC(F)F)c2)CC1. The van der Waals surface area contributed by atoms with E-state index in [4.69, 9.17) is 9.47 Å². The van der Waals surface area contributed by atoms with Crippen LogP contribution in [0.25, 0.3) is 0 Å². The zero-order chi connectivity index (χ0) is 20.4. The minimum Gasteiger partial charge on any atom is -0.488 e. The molecule has 1 aliphatic rings. The van der Waals surface area contributed by atoms with Crippen LogP contribution in [-0.2, 0) is 11.3 Å². The molecule has 0 saturated carbocycles. The molecule has 1 saturated heterocycles. The van der Waals surface area contributed by atoms with E-state index in [1.165, 1.54) is 0 Å². The molecule has 0 aromatic heterocycles. The van der Waals surface area contributed by atoms with Crippen molar-refractivity contribution >= 4 is 12.1 Å². The molecule has 28 heavy (non-hydrogen) atoms. The fourth-order valence-electron chi connectivity index (χ4n) is 2.90. The second-order valence-corrected chi connectivity index (χ2v) is 6.38. The summed E-state index contributed by atoms with van der Waals surface area (Å²) in [5.41, 5.74) is 0.895. The van der Waals surface area contributed by atoms with Crippen molar-refractivity contribution in [1.29, 1.82) is 0 Å². The standard InChI is InChI=1S/C19H28F2N4O3/c1-3-27-19(26)25-9-7-15(8-10-25)24-18(22-2)23-12-14-5-4-6-16(11-14)28-13-17(20)21/h4-6,11,15,17H,3,7-10,12-13H2,1-2H3,(H2,22,23,24). The topological polar surface area (TPSA) is 75.2 Å². The monoisotopic (exact) mass is 398 g/mol. The first-order valence-electron chi connectivity index (χ1n) is 9.40. The van der Waals surface area contributed by atoms with E-state index in [9.17, 15) is 13.6 Å². The third-order valence-corrected chi connectivity index (χ3v) is 4.32. The number of nitrogens with zero attached hydrogens (tertiary/aromatic N) is 2. The highest BCUT2D eigenvalue weighted by Gasteiger charge is 2.24. The summed E-state index contributed by atoms with van der Waals surface area (Å²) in [7, 11) is 1.69. The number of hydrogen-bond acceptors (Lipinski definition) is 4. The Bertz CT molecular complexity index is 650. The van der Waals surface area contributed by atoms with Crippen LogP contribution in [0.2, 0.25) is 0 Å². The highest BCUT2D eigenvalue weighted by Crippen LogP contribution is 2.14. The van der Waals surface area contributed by atoms with E-state index in [0.29, 0.717) is 38.0 Å². The second kappa shape index (κ2) is 11.3. The maximum Gasteiger partial charge on any atom is 0.409 e. The number of carbonyl (C=O) groups excluding carboxylic acids is 1. The van der Waals surface area contributed by atoms with E-state index in [-0.39, 0.29) is 12.1 Å². The van der Waals surface area contributed by atoms with Gasteiger partial charge in [0.2, 0.25) is 0 Å². The van der Waals surface area contributed by atoms with Crippen molar-refractivity contribution in [3.63, 3.8) is 0 Å². The van der Waals surface area contributed by atoms with E-state index >= 15 is 0 Å². The Morgan fingerprint density at radius 1 is 1.36 bits per heavy atom. The van der Waals surface area contributed by atoms with Gasteiger partial charge in [0, 0.05) is 32.7 Å². The van der Waals surface area contributed by atoms with Gasteiger partial charge in [0.25, 0.3) is 6.43 Å². The first-order valence-corrected chi connectivity index (χ1v) is 9.40. The lowest BCUT2D eigenvalue weighted by atomic mass is 10.1. The normalized spacial score (nSPS) is 15.5. The number of rotatable bonds is 7. The molecule has 156 valence electrons. The van der Waals surface area contributed by atoms with Crippen molar-refractivity contribution in [1.82, 2.24) is 15.5 Å². The number of amides is 1. The van der Waals surface area contributed by atoms with E-state index in [0.717, 1.165) is 18.4 Å². The summed E-state index contributed by atoms with van der Waals surface area (Å²) < 4.78 is 34.6. The minimum atomic E-state index is -2.50. The Labute approximate surface area is 164 Å². The Balaban J connectivity index is 1.78. The molecule has 2 N–H and O–H groups in total. The third kappa shape index (κ3) is 7.21. The lowest BCUT2D eigenvalue weighted by molar-refractivity contribution is 0.0818. The number of nitrogens with one attached hydrogen (secondary N) is 2. The van der Waals surface area contributed by atoms with Gasteiger partial charge < -0.3 is 25.0 Å². The maximum absolute atomic E-state index is 12.3. The first-order chi connectivity index (χ1) is 13.5. The number of guanidine groups is 1. The van der Waals surface area contributed by atoms with Crippen LogP contribution < -0.4 is 15.4 Å². The van der Waals surface area contributed by atoms with E-state index in [1.807, 2.05) is 6.07 Å². The van der Waals surface area contributed by atoms with Crippen LogP contribution >= 0.6 is 0 Å². The summed E-state index contributed by atoms with van der Waals surface area (Å²) >= 11 is 0. The van der Waals surface area contributed by atoms with Gasteiger partial charge in [-0.25, -0.2) is 13.6 Å². The molecule has 7 nitrogen and oxygen atoms in total. The average Bonchev–Trinajstić information content (AvgIpc) is 2.70. The van der Waals surface area contributed by atoms with E-state index in [2.05, 4.69) is 15.6 Å². The van der Waals surface area contributed by atoms with Gasteiger partial charge in [-0.2, -0.15) is 0 Å². The molecule has 2 rings (SSSR count). The van der Waals surface area contributed by atoms with Gasteiger partial charge in [0.15, 0.2) is 5.96 Å². The smallest absolute Gasteiger partial charge is 0.409 e. The molecule has 9 heteroatoms. The van der Waals surface area contributed by atoms with Crippen LogP contribution in [0.3, 0.4) is 0 Å².